The first-order chi connectivity index (χ1) is 8.54. The molecule has 1 heterocycles. The standard InChI is InChI=1S/C13H7F3NS/c14-13(15,16)8-5-6-12-10(7-8)17-9-3-1-2-4-11(9)18-12/h1-7H. The fourth-order valence-corrected chi connectivity index (χ4v) is 2.70. The Morgan fingerprint density at radius 1 is 0.889 bits per heavy atom. The third kappa shape index (κ3) is 1.95. The maximum absolute atomic E-state index is 12.6. The molecular weight excluding hydrogens is 259 g/mol. The number of halogens is 3. The third-order valence-corrected chi connectivity index (χ3v) is 3.74. The second-order valence-electron chi connectivity index (χ2n) is 3.86. The molecule has 91 valence electrons. The van der Waals surface area contributed by atoms with Gasteiger partial charge in [-0.05, 0) is 30.3 Å². The summed E-state index contributed by atoms with van der Waals surface area (Å²) in [6.07, 6.45) is -4.33. The highest BCUT2D eigenvalue weighted by atomic mass is 32.2. The van der Waals surface area contributed by atoms with E-state index in [1.807, 2.05) is 18.2 Å². The van der Waals surface area contributed by atoms with Crippen molar-refractivity contribution in [3.8, 4) is 0 Å². The predicted octanol–water partition coefficient (Wildman–Crippen LogP) is 4.74. The van der Waals surface area contributed by atoms with Crippen molar-refractivity contribution < 1.29 is 13.2 Å². The number of hydrogen-bond acceptors (Lipinski definition) is 1. The van der Waals surface area contributed by atoms with Crippen LogP contribution in [0.1, 0.15) is 5.56 Å². The number of fused-ring (bicyclic) bond motifs is 2. The van der Waals surface area contributed by atoms with E-state index in [1.54, 1.807) is 6.07 Å². The highest BCUT2D eigenvalue weighted by molar-refractivity contribution is 7.99. The molecule has 1 radical (unpaired) electrons. The smallest absolute Gasteiger partial charge is 0.247 e. The van der Waals surface area contributed by atoms with Crippen LogP contribution in [0.3, 0.4) is 0 Å². The van der Waals surface area contributed by atoms with E-state index in [0.717, 1.165) is 21.9 Å². The number of nitrogens with zero attached hydrogens (tertiary/aromatic N) is 1. The molecular formula is C13H7F3NS. The normalized spacial score (nSPS) is 13.5. The van der Waals surface area contributed by atoms with Gasteiger partial charge in [0.2, 0.25) is 0 Å². The number of para-hydroxylation sites is 1. The lowest BCUT2D eigenvalue weighted by atomic mass is 10.2. The molecule has 3 rings (SSSR count). The Labute approximate surface area is 106 Å². The Morgan fingerprint density at radius 2 is 1.61 bits per heavy atom. The van der Waals surface area contributed by atoms with Gasteiger partial charge in [-0.25, -0.2) is 5.32 Å². The number of hydrogen-bond donors (Lipinski definition) is 0. The molecule has 0 saturated carbocycles. The van der Waals surface area contributed by atoms with Gasteiger partial charge in [0.25, 0.3) is 0 Å². The highest BCUT2D eigenvalue weighted by Crippen LogP contribution is 2.45. The molecule has 2 aromatic rings. The molecule has 2 aromatic carbocycles. The predicted molar refractivity (Wildman–Crippen MR) is 63.5 cm³/mol. The summed E-state index contributed by atoms with van der Waals surface area (Å²) in [6.45, 7) is 0. The van der Waals surface area contributed by atoms with E-state index in [2.05, 4.69) is 5.32 Å². The average molecular weight is 266 g/mol. The SMILES string of the molecule is FC(F)(F)c1ccc2c(c1)[N]c1ccccc1S2. The molecule has 0 saturated heterocycles. The van der Waals surface area contributed by atoms with Crippen LogP contribution in [0.2, 0.25) is 0 Å². The van der Waals surface area contributed by atoms with Crippen LogP contribution in [-0.2, 0) is 6.18 Å². The van der Waals surface area contributed by atoms with Crippen LogP contribution in [0.25, 0.3) is 0 Å². The van der Waals surface area contributed by atoms with E-state index in [9.17, 15) is 13.2 Å². The Bertz CT molecular complexity index is 607. The molecule has 18 heavy (non-hydrogen) atoms. The number of benzene rings is 2. The minimum absolute atomic E-state index is 0.383. The second kappa shape index (κ2) is 3.95. The summed E-state index contributed by atoms with van der Waals surface area (Å²) in [4.78, 5) is 1.71. The van der Waals surface area contributed by atoms with E-state index in [4.69, 9.17) is 0 Å². The Balaban J connectivity index is 2.04. The van der Waals surface area contributed by atoms with Gasteiger partial charge in [-0.3, -0.25) is 0 Å². The Kier molecular flexibility index (Phi) is 2.52. The minimum atomic E-state index is -4.33. The highest BCUT2D eigenvalue weighted by Gasteiger charge is 2.32. The van der Waals surface area contributed by atoms with Gasteiger partial charge >= 0.3 is 6.18 Å². The van der Waals surface area contributed by atoms with Gasteiger partial charge in [-0.1, -0.05) is 23.9 Å². The molecule has 0 fully saturated rings. The van der Waals surface area contributed by atoms with Gasteiger partial charge in [0.15, 0.2) is 0 Å². The van der Waals surface area contributed by atoms with Crippen LogP contribution in [0, 0.1) is 0 Å². The molecule has 0 unspecified atom stereocenters. The molecule has 0 atom stereocenters. The van der Waals surface area contributed by atoms with Gasteiger partial charge in [0.1, 0.15) is 0 Å². The van der Waals surface area contributed by atoms with Crippen molar-refractivity contribution in [3.63, 3.8) is 0 Å². The fourth-order valence-electron chi connectivity index (χ4n) is 1.75. The van der Waals surface area contributed by atoms with Gasteiger partial charge < -0.3 is 0 Å². The second-order valence-corrected chi connectivity index (χ2v) is 4.95. The monoisotopic (exact) mass is 266 g/mol. The van der Waals surface area contributed by atoms with Crippen LogP contribution >= 0.6 is 11.8 Å². The van der Waals surface area contributed by atoms with Crippen molar-refractivity contribution in [2.75, 3.05) is 0 Å². The molecule has 0 amide bonds. The Hall–Kier alpha value is -1.62. The van der Waals surface area contributed by atoms with Crippen molar-refractivity contribution in [2.45, 2.75) is 16.0 Å². The van der Waals surface area contributed by atoms with E-state index < -0.39 is 11.7 Å². The molecule has 1 aliphatic rings. The molecule has 1 nitrogen and oxygen atoms in total. The van der Waals surface area contributed by atoms with E-state index in [-0.39, 0.29) is 0 Å². The van der Waals surface area contributed by atoms with Crippen LogP contribution in [-0.4, -0.2) is 0 Å². The van der Waals surface area contributed by atoms with E-state index in [1.165, 1.54) is 17.8 Å². The molecule has 0 spiro atoms. The molecule has 0 N–H and O–H groups in total. The zero-order chi connectivity index (χ0) is 12.8. The molecule has 0 aliphatic carbocycles. The largest absolute Gasteiger partial charge is 0.416 e. The van der Waals surface area contributed by atoms with Crippen molar-refractivity contribution >= 4 is 23.1 Å². The van der Waals surface area contributed by atoms with Crippen molar-refractivity contribution in [1.29, 1.82) is 0 Å². The van der Waals surface area contributed by atoms with E-state index >= 15 is 0 Å². The summed E-state index contributed by atoms with van der Waals surface area (Å²) in [6, 6.07) is 11.1. The maximum atomic E-state index is 12.6. The van der Waals surface area contributed by atoms with Crippen LogP contribution < -0.4 is 5.32 Å². The molecule has 1 aliphatic heterocycles. The lowest BCUT2D eigenvalue weighted by Gasteiger charge is -2.19. The lowest BCUT2D eigenvalue weighted by Crippen LogP contribution is -2.07. The summed E-state index contributed by atoms with van der Waals surface area (Å²) in [5, 5.41) is 4.26. The number of alkyl halides is 3. The summed E-state index contributed by atoms with van der Waals surface area (Å²) < 4.78 is 37.8. The molecule has 0 bridgehead atoms. The number of rotatable bonds is 0. The quantitative estimate of drug-likeness (QED) is 0.573. The summed E-state index contributed by atoms with van der Waals surface area (Å²) in [5.74, 6) is 0. The van der Waals surface area contributed by atoms with Crippen LogP contribution in [0.15, 0.2) is 52.3 Å². The average Bonchev–Trinajstić information content (AvgIpc) is 2.34. The summed E-state index contributed by atoms with van der Waals surface area (Å²) >= 11 is 1.44. The van der Waals surface area contributed by atoms with Gasteiger partial charge in [0, 0.05) is 9.79 Å². The first-order valence-electron chi connectivity index (χ1n) is 5.24. The van der Waals surface area contributed by atoms with Crippen molar-refractivity contribution in [3.05, 3.63) is 48.0 Å². The lowest BCUT2D eigenvalue weighted by molar-refractivity contribution is -0.137. The van der Waals surface area contributed by atoms with Gasteiger partial charge in [-0.2, -0.15) is 13.2 Å². The maximum Gasteiger partial charge on any atom is 0.416 e. The minimum Gasteiger partial charge on any atom is -0.247 e. The topological polar surface area (TPSA) is 14.1 Å². The summed E-state index contributed by atoms with van der Waals surface area (Å²) in [7, 11) is 0. The first-order valence-corrected chi connectivity index (χ1v) is 6.05. The third-order valence-electron chi connectivity index (χ3n) is 2.61. The zero-order valence-corrected chi connectivity index (χ0v) is 9.85. The van der Waals surface area contributed by atoms with Crippen molar-refractivity contribution in [1.82, 2.24) is 5.32 Å². The van der Waals surface area contributed by atoms with Crippen LogP contribution in [0.4, 0.5) is 24.5 Å². The first kappa shape index (κ1) is 11.5. The van der Waals surface area contributed by atoms with Gasteiger partial charge in [0.05, 0.1) is 16.9 Å². The summed E-state index contributed by atoms with van der Waals surface area (Å²) in [5.41, 5.74) is 0.438. The van der Waals surface area contributed by atoms with Crippen LogP contribution in [0.5, 0.6) is 0 Å². The molecule has 5 heteroatoms. The fraction of sp³-hybridized carbons (Fsp3) is 0.0769. The van der Waals surface area contributed by atoms with E-state index in [0.29, 0.717) is 11.4 Å². The Morgan fingerprint density at radius 3 is 2.39 bits per heavy atom. The van der Waals surface area contributed by atoms with Gasteiger partial charge in [-0.15, -0.1) is 0 Å². The van der Waals surface area contributed by atoms with Crippen molar-refractivity contribution in [2.24, 2.45) is 0 Å². The zero-order valence-electron chi connectivity index (χ0n) is 9.03. The molecule has 0 aromatic heterocycles.